The highest BCUT2D eigenvalue weighted by molar-refractivity contribution is 7.87. The highest BCUT2D eigenvalue weighted by atomic mass is 32.2. The van der Waals surface area contributed by atoms with Crippen LogP contribution in [-0.2, 0) is 10.1 Å². The van der Waals surface area contributed by atoms with E-state index >= 15 is 0 Å². The number of nitrogens with zero attached hydrogens (tertiary/aromatic N) is 1. The summed E-state index contributed by atoms with van der Waals surface area (Å²) in [5.41, 5.74) is 4.60. The summed E-state index contributed by atoms with van der Waals surface area (Å²) < 4.78 is 34.9. The Hall–Kier alpha value is -3.65. The van der Waals surface area contributed by atoms with Gasteiger partial charge in [0.15, 0.2) is 0 Å². The summed E-state index contributed by atoms with van der Waals surface area (Å²) in [5, 5.41) is 3.92. The molecule has 3 rings (SSSR count). The van der Waals surface area contributed by atoms with E-state index in [4.69, 9.17) is 8.92 Å². The van der Waals surface area contributed by atoms with E-state index in [1.807, 2.05) is 13.0 Å². The summed E-state index contributed by atoms with van der Waals surface area (Å²) >= 11 is 0. The number of hydrogen-bond acceptors (Lipinski definition) is 6. The van der Waals surface area contributed by atoms with Crippen LogP contribution in [0, 0.1) is 6.92 Å². The summed E-state index contributed by atoms with van der Waals surface area (Å²) in [6.45, 7) is 1.90. The van der Waals surface area contributed by atoms with Crippen molar-refractivity contribution in [3.8, 4) is 11.5 Å². The normalized spacial score (nSPS) is 11.3. The van der Waals surface area contributed by atoms with Crippen LogP contribution in [0.3, 0.4) is 0 Å². The van der Waals surface area contributed by atoms with Gasteiger partial charge >= 0.3 is 10.1 Å². The first-order valence-corrected chi connectivity index (χ1v) is 10.4. The van der Waals surface area contributed by atoms with Gasteiger partial charge in [-0.25, -0.2) is 5.43 Å². The van der Waals surface area contributed by atoms with Crippen molar-refractivity contribution >= 4 is 22.2 Å². The minimum absolute atomic E-state index is 0.0211. The van der Waals surface area contributed by atoms with E-state index in [2.05, 4.69) is 10.5 Å². The molecule has 30 heavy (non-hydrogen) atoms. The number of aryl methyl sites for hydroxylation is 1. The molecule has 0 aromatic heterocycles. The molecule has 0 atom stereocenters. The van der Waals surface area contributed by atoms with Crippen LogP contribution in [0.25, 0.3) is 0 Å². The van der Waals surface area contributed by atoms with Crippen molar-refractivity contribution in [2.45, 2.75) is 11.8 Å². The van der Waals surface area contributed by atoms with Crippen LogP contribution in [0.2, 0.25) is 0 Å². The molecular weight excluding hydrogens is 404 g/mol. The molecule has 1 N–H and O–H groups in total. The molecule has 8 heteroatoms. The number of benzene rings is 3. The quantitative estimate of drug-likeness (QED) is 0.356. The fourth-order valence-electron chi connectivity index (χ4n) is 2.54. The predicted octanol–water partition coefficient (Wildman–Crippen LogP) is 3.54. The molecule has 0 saturated heterocycles. The molecule has 0 aliphatic carbocycles. The highest BCUT2D eigenvalue weighted by Crippen LogP contribution is 2.21. The zero-order valence-corrected chi connectivity index (χ0v) is 17.2. The van der Waals surface area contributed by atoms with Gasteiger partial charge in [-0.3, -0.25) is 4.79 Å². The van der Waals surface area contributed by atoms with Gasteiger partial charge < -0.3 is 8.92 Å². The highest BCUT2D eigenvalue weighted by Gasteiger charge is 2.16. The van der Waals surface area contributed by atoms with Crippen LogP contribution in [-0.4, -0.2) is 27.6 Å². The zero-order chi connectivity index (χ0) is 21.6. The van der Waals surface area contributed by atoms with Crippen LogP contribution >= 0.6 is 0 Å². The van der Waals surface area contributed by atoms with E-state index in [9.17, 15) is 13.2 Å². The molecule has 1 amide bonds. The van der Waals surface area contributed by atoms with Crippen molar-refractivity contribution in [2.24, 2.45) is 5.10 Å². The monoisotopic (exact) mass is 424 g/mol. The van der Waals surface area contributed by atoms with Crippen LogP contribution in [0.15, 0.2) is 82.8 Å². The molecular formula is C22H20N2O5S. The molecule has 0 radical (unpaired) electrons. The molecule has 0 unspecified atom stereocenters. The smallest absolute Gasteiger partial charge is 0.339 e. The number of nitrogens with one attached hydrogen (secondary N) is 1. The maximum absolute atomic E-state index is 12.4. The molecule has 3 aromatic carbocycles. The van der Waals surface area contributed by atoms with E-state index in [0.717, 1.165) is 5.56 Å². The number of rotatable bonds is 7. The molecule has 0 heterocycles. The number of carbonyl (C=O) groups excluding carboxylic acids is 1. The predicted molar refractivity (Wildman–Crippen MR) is 113 cm³/mol. The molecule has 0 spiro atoms. The zero-order valence-electron chi connectivity index (χ0n) is 16.4. The Morgan fingerprint density at radius 2 is 1.63 bits per heavy atom. The van der Waals surface area contributed by atoms with Gasteiger partial charge in [-0.2, -0.15) is 13.5 Å². The standard InChI is InChI=1S/C22H20N2O5S/c1-16-4-3-5-18(14-16)22(25)24-23-15-17-6-8-20(9-7-17)29-30(26,27)21-12-10-19(28-2)11-13-21/h3-15H,1-2H3,(H,24,25). The van der Waals surface area contributed by atoms with E-state index in [1.54, 1.807) is 42.5 Å². The van der Waals surface area contributed by atoms with E-state index < -0.39 is 10.1 Å². The van der Waals surface area contributed by atoms with Gasteiger partial charge in [0.2, 0.25) is 0 Å². The summed E-state index contributed by atoms with van der Waals surface area (Å²) in [6, 6.07) is 19.3. The number of hydrogen-bond donors (Lipinski definition) is 1. The molecule has 7 nitrogen and oxygen atoms in total. The minimum Gasteiger partial charge on any atom is -0.497 e. The van der Waals surface area contributed by atoms with E-state index in [-0.39, 0.29) is 16.6 Å². The fraction of sp³-hybridized carbons (Fsp3) is 0.0909. The number of ether oxygens (including phenoxy) is 1. The Morgan fingerprint density at radius 3 is 2.27 bits per heavy atom. The maximum Gasteiger partial charge on any atom is 0.339 e. The van der Waals surface area contributed by atoms with E-state index in [1.165, 1.54) is 37.6 Å². The third kappa shape index (κ3) is 5.45. The number of methoxy groups -OCH3 is 1. The first kappa shape index (κ1) is 21.1. The second-order valence-electron chi connectivity index (χ2n) is 6.35. The first-order chi connectivity index (χ1) is 14.4. The third-order valence-electron chi connectivity index (χ3n) is 4.09. The second kappa shape index (κ2) is 9.23. The van der Waals surface area contributed by atoms with Crippen LogP contribution < -0.4 is 14.3 Å². The van der Waals surface area contributed by atoms with Crippen LogP contribution in [0.1, 0.15) is 21.5 Å². The third-order valence-corrected chi connectivity index (χ3v) is 5.36. The van der Waals surface area contributed by atoms with Crippen LogP contribution in [0.5, 0.6) is 11.5 Å². The van der Waals surface area contributed by atoms with Gasteiger partial charge in [-0.15, -0.1) is 0 Å². The average molecular weight is 424 g/mol. The van der Waals surface area contributed by atoms with Gasteiger partial charge in [-0.1, -0.05) is 17.7 Å². The molecule has 0 aliphatic heterocycles. The lowest BCUT2D eigenvalue weighted by atomic mass is 10.1. The lowest BCUT2D eigenvalue weighted by Gasteiger charge is -2.08. The average Bonchev–Trinajstić information content (AvgIpc) is 2.74. The van der Waals surface area contributed by atoms with Gasteiger partial charge in [0.25, 0.3) is 5.91 Å². The van der Waals surface area contributed by atoms with Crippen molar-refractivity contribution in [1.29, 1.82) is 0 Å². The lowest BCUT2D eigenvalue weighted by Crippen LogP contribution is -2.17. The number of amides is 1. The topological polar surface area (TPSA) is 94.1 Å². The fourth-order valence-corrected chi connectivity index (χ4v) is 3.47. The van der Waals surface area contributed by atoms with Gasteiger partial charge in [0.05, 0.1) is 13.3 Å². The molecule has 0 bridgehead atoms. The van der Waals surface area contributed by atoms with Gasteiger partial charge in [0.1, 0.15) is 16.4 Å². The van der Waals surface area contributed by atoms with Gasteiger partial charge in [-0.05, 0) is 73.2 Å². The number of hydrazone groups is 1. The van der Waals surface area contributed by atoms with Crippen molar-refractivity contribution < 1.29 is 22.1 Å². The number of carbonyl (C=O) groups is 1. The summed E-state index contributed by atoms with van der Waals surface area (Å²) in [6.07, 6.45) is 1.45. The molecule has 0 aliphatic rings. The Morgan fingerprint density at radius 1 is 0.967 bits per heavy atom. The van der Waals surface area contributed by atoms with Crippen molar-refractivity contribution in [2.75, 3.05) is 7.11 Å². The minimum atomic E-state index is -3.96. The van der Waals surface area contributed by atoms with Crippen molar-refractivity contribution in [3.63, 3.8) is 0 Å². The van der Waals surface area contributed by atoms with Crippen LogP contribution in [0.4, 0.5) is 0 Å². The largest absolute Gasteiger partial charge is 0.497 e. The molecule has 0 saturated carbocycles. The molecule has 3 aromatic rings. The van der Waals surface area contributed by atoms with Crippen molar-refractivity contribution in [3.05, 3.63) is 89.5 Å². The van der Waals surface area contributed by atoms with Crippen molar-refractivity contribution in [1.82, 2.24) is 5.43 Å². The Labute approximate surface area is 175 Å². The van der Waals surface area contributed by atoms with Gasteiger partial charge in [0, 0.05) is 5.56 Å². The first-order valence-electron chi connectivity index (χ1n) is 8.96. The Bertz CT molecular complexity index is 1150. The molecule has 0 fully saturated rings. The summed E-state index contributed by atoms with van der Waals surface area (Å²) in [4.78, 5) is 12.1. The second-order valence-corrected chi connectivity index (χ2v) is 7.90. The Balaban J connectivity index is 1.61. The lowest BCUT2D eigenvalue weighted by molar-refractivity contribution is 0.0955. The SMILES string of the molecule is COc1ccc(S(=O)(=O)Oc2ccc(C=NNC(=O)c3cccc(C)c3)cc2)cc1. The summed E-state index contributed by atoms with van der Waals surface area (Å²) in [5.74, 6) is 0.388. The molecule has 154 valence electrons. The summed E-state index contributed by atoms with van der Waals surface area (Å²) in [7, 11) is -2.46. The van der Waals surface area contributed by atoms with E-state index in [0.29, 0.717) is 16.9 Å². The maximum atomic E-state index is 12.4. The Kier molecular flexibility index (Phi) is 6.48.